The normalized spacial score (nSPS) is 24.9. The largest absolute Gasteiger partial charge is 0.444 e. The van der Waals surface area contributed by atoms with Gasteiger partial charge >= 0.3 is 6.09 Å². The molecule has 0 aromatic rings. The number of morpholine rings is 1. The van der Waals surface area contributed by atoms with Crippen LogP contribution in [0.25, 0.3) is 0 Å². The van der Waals surface area contributed by atoms with Crippen LogP contribution in [0.1, 0.15) is 33.6 Å². The van der Waals surface area contributed by atoms with E-state index < -0.39 is 5.60 Å². The number of rotatable bonds is 3. The van der Waals surface area contributed by atoms with Crippen LogP contribution in [0, 0.1) is 5.92 Å². The van der Waals surface area contributed by atoms with Crippen LogP contribution in [0.15, 0.2) is 0 Å². The van der Waals surface area contributed by atoms with Crippen LogP contribution in [0.2, 0.25) is 0 Å². The second-order valence-corrected chi connectivity index (χ2v) is 6.82. The Hall–Kier alpha value is -0.810. The number of carbonyl (C=O) groups is 1. The van der Waals surface area contributed by atoms with E-state index in [1.165, 1.54) is 6.42 Å². The fourth-order valence-electron chi connectivity index (χ4n) is 2.75. The summed E-state index contributed by atoms with van der Waals surface area (Å²) in [5.74, 6) is 0.616. The van der Waals surface area contributed by atoms with Gasteiger partial charge in [-0.05, 0) is 46.1 Å². The Bertz CT molecular complexity index is 322. The van der Waals surface area contributed by atoms with E-state index in [0.29, 0.717) is 5.92 Å². The molecule has 0 aromatic heterocycles. The van der Waals surface area contributed by atoms with Crippen LogP contribution in [0.3, 0.4) is 0 Å². The lowest BCUT2D eigenvalue weighted by atomic mass is 10.0. The molecule has 2 aliphatic heterocycles. The molecular weight excluding hydrogens is 256 g/mol. The van der Waals surface area contributed by atoms with Gasteiger partial charge in [-0.15, -0.1) is 0 Å². The lowest BCUT2D eigenvalue weighted by molar-refractivity contribution is 0.0277. The van der Waals surface area contributed by atoms with E-state index >= 15 is 0 Å². The van der Waals surface area contributed by atoms with Crippen molar-refractivity contribution in [1.82, 2.24) is 9.80 Å². The van der Waals surface area contributed by atoms with Crippen molar-refractivity contribution < 1.29 is 14.3 Å². The maximum Gasteiger partial charge on any atom is 0.410 e. The van der Waals surface area contributed by atoms with Gasteiger partial charge in [0.15, 0.2) is 0 Å². The first-order valence-corrected chi connectivity index (χ1v) is 7.72. The zero-order valence-corrected chi connectivity index (χ0v) is 13.1. The average Bonchev–Trinajstić information content (AvgIpc) is 2.84. The maximum absolute atomic E-state index is 12.0. The molecule has 1 amide bonds. The summed E-state index contributed by atoms with van der Waals surface area (Å²) in [6, 6.07) is 0. The van der Waals surface area contributed by atoms with Gasteiger partial charge < -0.3 is 14.4 Å². The van der Waals surface area contributed by atoms with Gasteiger partial charge in [0.25, 0.3) is 0 Å². The number of ether oxygens (including phenoxy) is 2. The SMILES string of the molecule is CC(C)(C)OC(=O)N1CC[C@H](CCN2CCOCC2)C1. The van der Waals surface area contributed by atoms with Crippen LogP contribution < -0.4 is 0 Å². The lowest BCUT2D eigenvalue weighted by Gasteiger charge is -2.27. The van der Waals surface area contributed by atoms with E-state index in [4.69, 9.17) is 9.47 Å². The highest BCUT2D eigenvalue weighted by molar-refractivity contribution is 5.68. The molecule has 0 bridgehead atoms. The highest BCUT2D eigenvalue weighted by atomic mass is 16.6. The van der Waals surface area contributed by atoms with Crippen molar-refractivity contribution in [2.75, 3.05) is 45.9 Å². The Labute approximate surface area is 122 Å². The van der Waals surface area contributed by atoms with Crippen LogP contribution in [-0.4, -0.2) is 67.4 Å². The van der Waals surface area contributed by atoms with E-state index in [0.717, 1.165) is 52.4 Å². The highest BCUT2D eigenvalue weighted by Gasteiger charge is 2.29. The molecule has 20 heavy (non-hydrogen) atoms. The van der Waals surface area contributed by atoms with Gasteiger partial charge in [-0.3, -0.25) is 4.90 Å². The zero-order valence-electron chi connectivity index (χ0n) is 13.1. The predicted molar refractivity (Wildman–Crippen MR) is 77.8 cm³/mol. The zero-order chi connectivity index (χ0) is 14.6. The minimum atomic E-state index is -0.400. The van der Waals surface area contributed by atoms with Gasteiger partial charge in [-0.1, -0.05) is 0 Å². The molecule has 2 fully saturated rings. The summed E-state index contributed by atoms with van der Waals surface area (Å²) in [6.07, 6.45) is 2.11. The number of carbonyl (C=O) groups excluding carboxylic acids is 1. The number of nitrogens with zero attached hydrogens (tertiary/aromatic N) is 2. The summed E-state index contributed by atoms with van der Waals surface area (Å²) in [5, 5.41) is 0. The Balaban J connectivity index is 1.68. The van der Waals surface area contributed by atoms with E-state index in [9.17, 15) is 4.79 Å². The summed E-state index contributed by atoms with van der Waals surface area (Å²) < 4.78 is 10.8. The Morgan fingerprint density at radius 1 is 1.25 bits per heavy atom. The molecule has 1 atom stereocenters. The standard InChI is InChI=1S/C15H28N2O3/c1-15(2,3)20-14(18)17-7-5-13(12-17)4-6-16-8-10-19-11-9-16/h13H,4-12H2,1-3H3/t13-/m0/s1. The molecule has 0 N–H and O–H groups in total. The second-order valence-electron chi connectivity index (χ2n) is 6.82. The van der Waals surface area contributed by atoms with Gasteiger partial charge in [0.1, 0.15) is 5.60 Å². The molecular formula is C15H28N2O3. The van der Waals surface area contributed by atoms with Crippen LogP contribution in [0.4, 0.5) is 4.79 Å². The lowest BCUT2D eigenvalue weighted by Crippen LogP contribution is -2.38. The molecule has 0 spiro atoms. The number of hydrogen-bond acceptors (Lipinski definition) is 4. The fourth-order valence-corrected chi connectivity index (χ4v) is 2.75. The number of hydrogen-bond donors (Lipinski definition) is 0. The first-order valence-electron chi connectivity index (χ1n) is 7.72. The summed E-state index contributed by atoms with van der Waals surface area (Å²) >= 11 is 0. The molecule has 2 aliphatic rings. The third-order valence-corrected chi connectivity index (χ3v) is 3.89. The van der Waals surface area contributed by atoms with Crippen molar-refractivity contribution in [3.63, 3.8) is 0 Å². The molecule has 2 heterocycles. The minimum absolute atomic E-state index is 0.161. The quantitative estimate of drug-likeness (QED) is 0.794. The topological polar surface area (TPSA) is 42.0 Å². The molecule has 0 unspecified atom stereocenters. The maximum atomic E-state index is 12.0. The van der Waals surface area contributed by atoms with E-state index in [1.54, 1.807) is 0 Å². The minimum Gasteiger partial charge on any atom is -0.444 e. The van der Waals surface area contributed by atoms with Gasteiger partial charge in [0.05, 0.1) is 13.2 Å². The highest BCUT2D eigenvalue weighted by Crippen LogP contribution is 2.22. The summed E-state index contributed by atoms with van der Waals surface area (Å²) in [4.78, 5) is 16.3. The Morgan fingerprint density at radius 2 is 1.95 bits per heavy atom. The Kier molecular flexibility index (Phi) is 5.27. The van der Waals surface area contributed by atoms with E-state index in [2.05, 4.69) is 4.90 Å². The van der Waals surface area contributed by atoms with Crippen LogP contribution in [0.5, 0.6) is 0 Å². The van der Waals surface area contributed by atoms with Crippen molar-refractivity contribution >= 4 is 6.09 Å². The summed E-state index contributed by atoms with van der Waals surface area (Å²) in [7, 11) is 0. The van der Waals surface area contributed by atoms with Gasteiger partial charge in [-0.25, -0.2) is 4.79 Å². The second kappa shape index (κ2) is 6.76. The molecule has 2 saturated heterocycles. The van der Waals surface area contributed by atoms with E-state index in [-0.39, 0.29) is 6.09 Å². The van der Waals surface area contributed by atoms with Crippen molar-refractivity contribution in [1.29, 1.82) is 0 Å². The monoisotopic (exact) mass is 284 g/mol. The smallest absolute Gasteiger partial charge is 0.410 e. The van der Waals surface area contributed by atoms with Crippen LogP contribution >= 0.6 is 0 Å². The molecule has 5 heteroatoms. The van der Waals surface area contributed by atoms with Gasteiger partial charge in [-0.2, -0.15) is 0 Å². The van der Waals surface area contributed by atoms with Crippen molar-refractivity contribution in [3.05, 3.63) is 0 Å². The summed E-state index contributed by atoms with van der Waals surface area (Å²) in [5.41, 5.74) is -0.400. The average molecular weight is 284 g/mol. The molecule has 116 valence electrons. The third kappa shape index (κ3) is 4.94. The van der Waals surface area contributed by atoms with Crippen molar-refractivity contribution in [3.8, 4) is 0 Å². The van der Waals surface area contributed by atoms with Gasteiger partial charge in [0.2, 0.25) is 0 Å². The fraction of sp³-hybridized carbons (Fsp3) is 0.933. The molecule has 0 aliphatic carbocycles. The molecule has 0 radical (unpaired) electrons. The first kappa shape index (κ1) is 15.6. The summed E-state index contributed by atoms with van der Waals surface area (Å²) in [6.45, 7) is 12.3. The first-order chi connectivity index (χ1) is 9.44. The number of likely N-dealkylation sites (tertiary alicyclic amines) is 1. The molecule has 0 saturated carbocycles. The van der Waals surface area contributed by atoms with E-state index in [1.807, 2.05) is 25.7 Å². The van der Waals surface area contributed by atoms with Crippen molar-refractivity contribution in [2.45, 2.75) is 39.2 Å². The van der Waals surface area contributed by atoms with Gasteiger partial charge in [0, 0.05) is 26.2 Å². The predicted octanol–water partition coefficient (Wildman–Crippen LogP) is 1.97. The van der Waals surface area contributed by atoms with Crippen molar-refractivity contribution in [2.24, 2.45) is 5.92 Å². The Morgan fingerprint density at radius 3 is 2.60 bits per heavy atom. The molecule has 0 aromatic carbocycles. The number of amides is 1. The molecule has 2 rings (SSSR count). The van der Waals surface area contributed by atoms with Crippen LogP contribution in [-0.2, 0) is 9.47 Å². The third-order valence-electron chi connectivity index (χ3n) is 3.89. The molecule has 5 nitrogen and oxygen atoms in total.